The average Bonchev–Trinajstić information content (AvgIpc) is 1.37. The van der Waals surface area contributed by atoms with Crippen molar-refractivity contribution >= 4 is 0 Å². The van der Waals surface area contributed by atoms with E-state index in [0.29, 0.717) is 13.1 Å². The van der Waals surface area contributed by atoms with E-state index in [1.54, 1.807) is 0 Å². The van der Waals surface area contributed by atoms with E-state index in [1.165, 1.54) is 0 Å². The summed E-state index contributed by atoms with van der Waals surface area (Å²) in [5.74, 6) is 0. The van der Waals surface area contributed by atoms with Crippen LogP contribution in [0.4, 0.5) is 0 Å². The summed E-state index contributed by atoms with van der Waals surface area (Å²) in [6.45, 7) is 1.19. The largest absolute Gasteiger partial charge is 2.00 e. The Morgan fingerprint density at radius 1 is 0.857 bits per heavy atom. The van der Waals surface area contributed by atoms with Gasteiger partial charge < -0.3 is 22.4 Å². The summed E-state index contributed by atoms with van der Waals surface area (Å²) in [4.78, 5) is 0. The summed E-state index contributed by atoms with van der Waals surface area (Å²) in [5, 5.41) is 0. The van der Waals surface area contributed by atoms with E-state index in [2.05, 4.69) is 0 Å². The number of nitrogens with two attached hydrogens (primary N) is 2. The van der Waals surface area contributed by atoms with Gasteiger partial charge >= 0.3 is 17.1 Å². The molecule has 0 heterocycles. The Labute approximate surface area is 53.3 Å². The Morgan fingerprint density at radius 2 is 1.00 bits per heavy atom. The Balaban J connectivity index is -0.0000000150. The van der Waals surface area contributed by atoms with Gasteiger partial charge in [0.25, 0.3) is 0 Å². The summed E-state index contributed by atoms with van der Waals surface area (Å²) in [6.07, 6.45) is 0. The maximum absolute atomic E-state index is 4.90. The number of hydrogen-bond acceptors (Lipinski definition) is 4. The predicted octanol–water partition coefficient (Wildman–Crippen LogP) is -1.45. The van der Waals surface area contributed by atoms with Crippen LogP contribution >= 0.6 is 0 Å². The Morgan fingerprint density at radius 3 is 1.00 bits per heavy atom. The molecular weight excluding hydrogens is 148 g/mol. The molecule has 0 spiro atoms. The number of rotatable bonds is 1. The molecule has 6 N–H and O–H groups in total. The van der Waals surface area contributed by atoms with Crippen LogP contribution in [0.5, 0.6) is 0 Å². The standard InChI is InChI=1S/C2H8N2.Cu.2H2O/c3-1-2-4;;;/h1-4H2;;2*1H2/q;+2;;/p-2. The van der Waals surface area contributed by atoms with E-state index >= 15 is 0 Å². The SMILES string of the molecule is NCCN.[Cu+2].[OH-].[OH-]. The van der Waals surface area contributed by atoms with Gasteiger partial charge in [-0.05, 0) is 0 Å². The van der Waals surface area contributed by atoms with Crippen molar-refractivity contribution in [3.05, 3.63) is 0 Å². The van der Waals surface area contributed by atoms with Crippen molar-refractivity contribution in [1.82, 2.24) is 0 Å². The van der Waals surface area contributed by atoms with Crippen molar-refractivity contribution in [3.8, 4) is 0 Å². The molecule has 5 heteroatoms. The van der Waals surface area contributed by atoms with Crippen LogP contribution in [0.1, 0.15) is 0 Å². The van der Waals surface area contributed by atoms with Gasteiger partial charge in [0.05, 0.1) is 0 Å². The quantitative estimate of drug-likeness (QED) is 0.454. The Bertz CT molecular complexity index is 15.7. The first kappa shape index (κ1) is 26.4. The minimum Gasteiger partial charge on any atom is -0.870 e. The Kier molecular flexibility index (Phi) is 124. The summed E-state index contributed by atoms with van der Waals surface area (Å²) in [7, 11) is 0. The van der Waals surface area contributed by atoms with E-state index in [0.717, 1.165) is 0 Å². The molecule has 0 saturated heterocycles. The predicted molar refractivity (Wildman–Crippen MR) is 22.0 cm³/mol. The van der Waals surface area contributed by atoms with E-state index in [4.69, 9.17) is 11.5 Å². The van der Waals surface area contributed by atoms with Gasteiger partial charge in [-0.2, -0.15) is 0 Å². The molecule has 0 atom stereocenters. The zero-order valence-corrected chi connectivity index (χ0v) is 4.71. The van der Waals surface area contributed by atoms with Crippen LogP contribution in [0.2, 0.25) is 0 Å². The molecule has 51 valence electrons. The Hall–Kier alpha value is 0.359. The first-order valence-corrected chi connectivity index (χ1v) is 1.32. The van der Waals surface area contributed by atoms with E-state index < -0.39 is 0 Å². The van der Waals surface area contributed by atoms with Crippen LogP contribution in [-0.2, 0) is 17.1 Å². The normalized spacial score (nSPS) is 4.29. The first-order chi connectivity index (χ1) is 1.91. The zero-order valence-electron chi connectivity index (χ0n) is 3.76. The van der Waals surface area contributed by atoms with E-state index in [1.807, 2.05) is 0 Å². The van der Waals surface area contributed by atoms with Gasteiger partial charge in [-0.3, -0.25) is 0 Å². The monoisotopic (exact) mass is 157 g/mol. The van der Waals surface area contributed by atoms with Gasteiger partial charge in [-0.15, -0.1) is 0 Å². The fourth-order valence-electron chi connectivity index (χ4n) is 0. The second-order valence-electron chi connectivity index (χ2n) is 0.577. The minimum absolute atomic E-state index is 0. The van der Waals surface area contributed by atoms with Crippen LogP contribution in [0.15, 0.2) is 0 Å². The van der Waals surface area contributed by atoms with Gasteiger partial charge in [0.15, 0.2) is 0 Å². The molecule has 0 aromatic heterocycles. The van der Waals surface area contributed by atoms with E-state index in [-0.39, 0.29) is 28.0 Å². The van der Waals surface area contributed by atoms with Gasteiger partial charge in [0.2, 0.25) is 0 Å². The molecule has 0 amide bonds. The molecule has 0 fully saturated rings. The molecule has 0 unspecified atom stereocenters. The fraction of sp³-hybridized carbons (Fsp3) is 1.00. The van der Waals surface area contributed by atoms with Crippen molar-refractivity contribution < 1.29 is 28.0 Å². The van der Waals surface area contributed by atoms with Gasteiger partial charge in [-0.1, -0.05) is 0 Å². The van der Waals surface area contributed by atoms with Gasteiger partial charge in [-0.25, -0.2) is 0 Å². The molecule has 0 rings (SSSR count). The molecule has 0 aromatic carbocycles. The van der Waals surface area contributed by atoms with Crippen LogP contribution in [0.25, 0.3) is 0 Å². The summed E-state index contributed by atoms with van der Waals surface area (Å²) in [5.41, 5.74) is 9.81. The second-order valence-corrected chi connectivity index (χ2v) is 0.577. The molecule has 0 aromatic rings. The van der Waals surface area contributed by atoms with Crippen LogP contribution < -0.4 is 11.5 Å². The summed E-state index contributed by atoms with van der Waals surface area (Å²) >= 11 is 0. The third-order valence-electron chi connectivity index (χ3n) is 0.167. The smallest absolute Gasteiger partial charge is 0.870 e. The molecule has 0 aliphatic heterocycles. The average molecular weight is 158 g/mol. The molecule has 7 heavy (non-hydrogen) atoms. The van der Waals surface area contributed by atoms with Gasteiger partial charge in [0.1, 0.15) is 0 Å². The molecule has 0 bridgehead atoms. The maximum Gasteiger partial charge on any atom is 2.00 e. The molecule has 0 aliphatic rings. The molecule has 0 saturated carbocycles. The topological polar surface area (TPSA) is 112 Å². The fourth-order valence-corrected chi connectivity index (χ4v) is 0. The van der Waals surface area contributed by atoms with Crippen molar-refractivity contribution in [2.45, 2.75) is 0 Å². The summed E-state index contributed by atoms with van der Waals surface area (Å²) in [6, 6.07) is 0. The third kappa shape index (κ3) is 65.4. The first-order valence-electron chi connectivity index (χ1n) is 1.32. The summed E-state index contributed by atoms with van der Waals surface area (Å²) < 4.78 is 0. The van der Waals surface area contributed by atoms with Crippen LogP contribution in [-0.4, -0.2) is 24.0 Å². The molecule has 4 nitrogen and oxygen atoms in total. The van der Waals surface area contributed by atoms with Gasteiger partial charge in [0, 0.05) is 13.1 Å². The minimum atomic E-state index is 0. The molecular formula is C2H10CuN2O2. The second kappa shape index (κ2) is 32.8. The zero-order chi connectivity index (χ0) is 3.41. The van der Waals surface area contributed by atoms with E-state index in [9.17, 15) is 0 Å². The van der Waals surface area contributed by atoms with Crippen molar-refractivity contribution in [2.75, 3.05) is 13.1 Å². The van der Waals surface area contributed by atoms with Crippen LogP contribution in [0, 0.1) is 0 Å². The van der Waals surface area contributed by atoms with Crippen molar-refractivity contribution in [3.63, 3.8) is 0 Å². The third-order valence-corrected chi connectivity index (χ3v) is 0.167. The van der Waals surface area contributed by atoms with Crippen molar-refractivity contribution in [1.29, 1.82) is 0 Å². The van der Waals surface area contributed by atoms with Crippen LogP contribution in [0.3, 0.4) is 0 Å². The number of hydrogen-bond donors (Lipinski definition) is 2. The maximum atomic E-state index is 4.90. The molecule has 0 aliphatic carbocycles. The van der Waals surface area contributed by atoms with Crippen molar-refractivity contribution in [2.24, 2.45) is 11.5 Å². The molecule has 1 radical (unpaired) electrons.